The summed E-state index contributed by atoms with van der Waals surface area (Å²) in [6, 6.07) is 2.52. The van der Waals surface area contributed by atoms with E-state index in [0.717, 1.165) is 37.7 Å². The molecule has 2 aliphatic rings. The maximum atomic E-state index is 6.02. The topological polar surface area (TPSA) is 70.8 Å². The second-order valence-corrected chi connectivity index (χ2v) is 6.88. The first-order valence-electron chi connectivity index (χ1n) is 7.34. The number of aromatic amines is 1. The Morgan fingerprint density at radius 3 is 3.15 bits per heavy atom. The maximum absolute atomic E-state index is 6.02. The third kappa shape index (κ3) is 2.13. The van der Waals surface area contributed by atoms with Crippen LogP contribution in [0.3, 0.4) is 0 Å². The van der Waals surface area contributed by atoms with Crippen molar-refractivity contribution in [1.82, 2.24) is 15.2 Å². The van der Waals surface area contributed by atoms with Crippen molar-refractivity contribution in [2.75, 3.05) is 18.0 Å². The molecule has 0 radical (unpaired) electrons. The highest BCUT2D eigenvalue weighted by Gasteiger charge is 2.22. The van der Waals surface area contributed by atoms with E-state index in [1.807, 2.05) is 11.3 Å². The van der Waals surface area contributed by atoms with Gasteiger partial charge in [-0.15, -0.1) is 16.4 Å². The number of nitrogens with zero attached hydrogens (tertiary/aromatic N) is 3. The SMILES string of the molecule is NC1CCCN(c2n[nH]c(-c3cc4c(s3)CCC4)n2)C1. The molecule has 3 N–H and O–H groups in total. The number of hydrogen-bond donors (Lipinski definition) is 2. The molecule has 1 aliphatic heterocycles. The Hall–Kier alpha value is -1.40. The van der Waals surface area contributed by atoms with Gasteiger partial charge in [-0.05, 0) is 43.7 Å². The summed E-state index contributed by atoms with van der Waals surface area (Å²) in [5.41, 5.74) is 7.53. The second kappa shape index (κ2) is 4.86. The van der Waals surface area contributed by atoms with Gasteiger partial charge in [-0.3, -0.25) is 5.10 Å². The van der Waals surface area contributed by atoms with Gasteiger partial charge in [-0.1, -0.05) is 0 Å². The van der Waals surface area contributed by atoms with E-state index >= 15 is 0 Å². The molecule has 0 bridgehead atoms. The number of rotatable bonds is 2. The zero-order chi connectivity index (χ0) is 13.5. The van der Waals surface area contributed by atoms with Gasteiger partial charge in [-0.2, -0.15) is 4.98 Å². The van der Waals surface area contributed by atoms with Gasteiger partial charge in [0.15, 0.2) is 5.82 Å². The molecule has 1 fully saturated rings. The smallest absolute Gasteiger partial charge is 0.245 e. The van der Waals surface area contributed by atoms with Crippen LogP contribution in [0.5, 0.6) is 0 Å². The fourth-order valence-corrected chi connectivity index (χ4v) is 4.34. The number of piperidine rings is 1. The molecule has 4 rings (SSSR count). The number of anilines is 1. The molecule has 3 heterocycles. The minimum Gasteiger partial charge on any atom is -0.338 e. The third-order valence-corrected chi connectivity index (χ3v) is 5.44. The highest BCUT2D eigenvalue weighted by atomic mass is 32.1. The fourth-order valence-electron chi connectivity index (χ4n) is 3.14. The van der Waals surface area contributed by atoms with Gasteiger partial charge in [0.25, 0.3) is 0 Å². The lowest BCUT2D eigenvalue weighted by Gasteiger charge is -2.29. The summed E-state index contributed by atoms with van der Waals surface area (Å²) in [6.07, 6.45) is 5.97. The molecule has 6 heteroatoms. The molecule has 0 aromatic carbocycles. The minimum atomic E-state index is 0.247. The van der Waals surface area contributed by atoms with Gasteiger partial charge in [0.1, 0.15) is 0 Å². The lowest BCUT2D eigenvalue weighted by Crippen LogP contribution is -2.43. The normalized spacial score (nSPS) is 22.2. The standard InChI is InChI=1S/C14H19N5S/c15-10-4-2-6-19(8-10)14-16-13(17-18-14)12-7-9-3-1-5-11(9)20-12/h7,10H,1-6,8,15H2,(H,16,17,18). The van der Waals surface area contributed by atoms with E-state index in [4.69, 9.17) is 5.73 Å². The molecule has 1 unspecified atom stereocenters. The highest BCUT2D eigenvalue weighted by molar-refractivity contribution is 7.15. The van der Waals surface area contributed by atoms with Crippen LogP contribution in [0.2, 0.25) is 0 Å². The van der Waals surface area contributed by atoms with E-state index in [1.165, 1.54) is 34.6 Å². The summed E-state index contributed by atoms with van der Waals surface area (Å²) < 4.78 is 0. The number of nitrogens with one attached hydrogen (secondary N) is 1. The molecule has 0 spiro atoms. The Morgan fingerprint density at radius 2 is 2.30 bits per heavy atom. The van der Waals surface area contributed by atoms with Crippen LogP contribution in [0.25, 0.3) is 10.7 Å². The summed E-state index contributed by atoms with van der Waals surface area (Å²) in [5, 5.41) is 7.46. The minimum absolute atomic E-state index is 0.247. The van der Waals surface area contributed by atoms with Crippen LogP contribution in [-0.2, 0) is 12.8 Å². The van der Waals surface area contributed by atoms with Gasteiger partial charge in [0.05, 0.1) is 4.88 Å². The molecule has 0 amide bonds. The van der Waals surface area contributed by atoms with Crippen LogP contribution >= 0.6 is 11.3 Å². The van der Waals surface area contributed by atoms with Crippen molar-refractivity contribution < 1.29 is 0 Å². The lowest BCUT2D eigenvalue weighted by atomic mass is 10.1. The first-order chi connectivity index (χ1) is 9.79. The monoisotopic (exact) mass is 289 g/mol. The number of fused-ring (bicyclic) bond motifs is 1. The average Bonchev–Trinajstić information content (AvgIpc) is 3.13. The number of thiophene rings is 1. The molecule has 2 aromatic heterocycles. The van der Waals surface area contributed by atoms with Gasteiger partial charge < -0.3 is 10.6 Å². The van der Waals surface area contributed by atoms with E-state index < -0.39 is 0 Å². The van der Waals surface area contributed by atoms with E-state index in [0.29, 0.717) is 0 Å². The lowest BCUT2D eigenvalue weighted by molar-refractivity contribution is 0.500. The molecule has 1 saturated heterocycles. The van der Waals surface area contributed by atoms with Crippen LogP contribution in [0.15, 0.2) is 6.07 Å². The predicted molar refractivity (Wildman–Crippen MR) is 81.1 cm³/mol. The number of nitrogens with two attached hydrogens (primary N) is 1. The molecule has 1 atom stereocenters. The van der Waals surface area contributed by atoms with Crippen molar-refractivity contribution >= 4 is 17.3 Å². The van der Waals surface area contributed by atoms with Crippen LogP contribution in [0, 0.1) is 0 Å². The zero-order valence-corrected chi connectivity index (χ0v) is 12.2. The Balaban J connectivity index is 1.57. The van der Waals surface area contributed by atoms with Gasteiger partial charge >= 0.3 is 0 Å². The highest BCUT2D eigenvalue weighted by Crippen LogP contribution is 2.35. The van der Waals surface area contributed by atoms with Crippen LogP contribution in [-0.4, -0.2) is 34.3 Å². The molecule has 1 aliphatic carbocycles. The number of aromatic nitrogens is 3. The summed E-state index contributed by atoms with van der Waals surface area (Å²) in [5.74, 6) is 1.70. The first-order valence-corrected chi connectivity index (χ1v) is 8.16. The summed E-state index contributed by atoms with van der Waals surface area (Å²) in [4.78, 5) is 9.60. The quantitative estimate of drug-likeness (QED) is 0.886. The third-order valence-electron chi connectivity index (χ3n) is 4.19. The van der Waals surface area contributed by atoms with Crippen molar-refractivity contribution in [3.05, 3.63) is 16.5 Å². The van der Waals surface area contributed by atoms with Gasteiger partial charge in [0, 0.05) is 24.0 Å². The Morgan fingerprint density at radius 1 is 1.35 bits per heavy atom. The number of aryl methyl sites for hydroxylation is 2. The van der Waals surface area contributed by atoms with Crippen molar-refractivity contribution in [3.63, 3.8) is 0 Å². The van der Waals surface area contributed by atoms with E-state index in [-0.39, 0.29) is 6.04 Å². The van der Waals surface area contributed by atoms with Gasteiger partial charge in [0.2, 0.25) is 5.95 Å². The van der Waals surface area contributed by atoms with Crippen LogP contribution in [0.1, 0.15) is 29.7 Å². The zero-order valence-electron chi connectivity index (χ0n) is 11.4. The van der Waals surface area contributed by atoms with E-state index in [2.05, 4.69) is 26.1 Å². The Bertz CT molecular complexity index is 595. The molecular weight excluding hydrogens is 270 g/mol. The molecule has 5 nitrogen and oxygen atoms in total. The van der Waals surface area contributed by atoms with Crippen LogP contribution < -0.4 is 10.6 Å². The largest absolute Gasteiger partial charge is 0.338 e. The molecule has 2 aromatic rings. The summed E-state index contributed by atoms with van der Waals surface area (Å²) in [7, 11) is 0. The van der Waals surface area contributed by atoms with E-state index in [9.17, 15) is 0 Å². The summed E-state index contributed by atoms with van der Waals surface area (Å²) in [6.45, 7) is 1.87. The first kappa shape index (κ1) is 12.3. The molecule has 106 valence electrons. The van der Waals surface area contributed by atoms with Crippen molar-refractivity contribution in [2.45, 2.75) is 38.1 Å². The fraction of sp³-hybridized carbons (Fsp3) is 0.571. The number of hydrogen-bond acceptors (Lipinski definition) is 5. The maximum Gasteiger partial charge on any atom is 0.245 e. The Kier molecular flexibility index (Phi) is 3.00. The number of H-pyrrole nitrogens is 1. The second-order valence-electron chi connectivity index (χ2n) is 5.74. The Labute approximate surface area is 122 Å². The predicted octanol–water partition coefficient (Wildman–Crippen LogP) is 1.95. The van der Waals surface area contributed by atoms with Crippen molar-refractivity contribution in [3.8, 4) is 10.7 Å². The van der Waals surface area contributed by atoms with E-state index in [1.54, 1.807) is 0 Å². The molecule has 0 saturated carbocycles. The van der Waals surface area contributed by atoms with Crippen molar-refractivity contribution in [2.24, 2.45) is 5.73 Å². The average molecular weight is 289 g/mol. The summed E-state index contributed by atoms with van der Waals surface area (Å²) >= 11 is 1.86. The van der Waals surface area contributed by atoms with Crippen LogP contribution in [0.4, 0.5) is 5.95 Å². The molecule has 20 heavy (non-hydrogen) atoms. The van der Waals surface area contributed by atoms with Gasteiger partial charge in [-0.25, -0.2) is 0 Å². The molecular formula is C14H19N5S. The van der Waals surface area contributed by atoms with Crippen molar-refractivity contribution in [1.29, 1.82) is 0 Å².